The fraction of sp³-hybridized carbons (Fsp3) is 0.867. The molecule has 1 aliphatic heterocycles. The largest absolute Gasteiger partial charge is 0.345 e. The lowest BCUT2D eigenvalue weighted by Crippen LogP contribution is -2.33. The van der Waals surface area contributed by atoms with Crippen LogP contribution in [0.2, 0.25) is 0 Å². The van der Waals surface area contributed by atoms with Gasteiger partial charge in [0.05, 0.1) is 6.54 Å². The topological polar surface area (TPSA) is 51.9 Å². The van der Waals surface area contributed by atoms with E-state index in [2.05, 4.69) is 24.3 Å². The zero-order valence-electron chi connectivity index (χ0n) is 12.9. The van der Waals surface area contributed by atoms with Crippen LogP contribution in [0, 0.1) is 0 Å². The Bertz CT molecular complexity index is 463. The first-order valence-electron chi connectivity index (χ1n) is 8.12. The van der Waals surface area contributed by atoms with Gasteiger partial charge in [-0.3, -0.25) is 4.57 Å². The molecule has 5 heteroatoms. The minimum Gasteiger partial charge on any atom is -0.312 e. The third-order valence-corrected chi connectivity index (χ3v) is 4.09. The molecule has 0 aromatic carbocycles. The first-order valence-corrected chi connectivity index (χ1v) is 8.12. The maximum absolute atomic E-state index is 12.1. The van der Waals surface area contributed by atoms with Crippen LogP contribution in [0.15, 0.2) is 4.79 Å². The van der Waals surface area contributed by atoms with Crippen LogP contribution < -0.4 is 11.0 Å². The summed E-state index contributed by atoms with van der Waals surface area (Å²) in [5.74, 6) is 0.970. The van der Waals surface area contributed by atoms with Gasteiger partial charge in [0.15, 0.2) is 0 Å². The Balaban J connectivity index is 1.77. The molecule has 1 atom stereocenters. The van der Waals surface area contributed by atoms with E-state index in [1.807, 2.05) is 4.57 Å². The Morgan fingerprint density at radius 3 is 2.95 bits per heavy atom. The molecule has 0 saturated carbocycles. The molecule has 1 unspecified atom stereocenters. The molecule has 0 aliphatic carbocycles. The molecule has 5 nitrogen and oxygen atoms in total. The second kappa shape index (κ2) is 7.62. The summed E-state index contributed by atoms with van der Waals surface area (Å²) >= 11 is 0. The van der Waals surface area contributed by atoms with E-state index in [0.29, 0.717) is 12.6 Å². The van der Waals surface area contributed by atoms with Gasteiger partial charge in [-0.1, -0.05) is 26.2 Å². The quantitative estimate of drug-likeness (QED) is 0.740. The molecule has 1 aliphatic rings. The standard InChI is InChI=1S/C15H28N4O/c1-3-4-5-8-13(2)16-10-12-19-15(20)18-11-7-6-9-14(18)17-19/h13,16H,3-12H2,1-2H3. The maximum atomic E-state index is 12.1. The summed E-state index contributed by atoms with van der Waals surface area (Å²) in [7, 11) is 0. The molecule has 0 saturated heterocycles. The van der Waals surface area contributed by atoms with Gasteiger partial charge in [0, 0.05) is 25.6 Å². The summed E-state index contributed by atoms with van der Waals surface area (Å²) in [4.78, 5) is 12.1. The van der Waals surface area contributed by atoms with Crippen molar-refractivity contribution in [1.29, 1.82) is 0 Å². The summed E-state index contributed by atoms with van der Waals surface area (Å²) in [5, 5.41) is 7.94. The molecule has 0 fully saturated rings. The fourth-order valence-corrected chi connectivity index (χ4v) is 2.81. The molecule has 2 heterocycles. The highest BCUT2D eigenvalue weighted by molar-refractivity contribution is 4.91. The number of aromatic nitrogens is 3. The number of fused-ring (bicyclic) bond motifs is 1. The van der Waals surface area contributed by atoms with Gasteiger partial charge in [0.25, 0.3) is 0 Å². The number of nitrogens with zero attached hydrogens (tertiary/aromatic N) is 3. The molecule has 20 heavy (non-hydrogen) atoms. The van der Waals surface area contributed by atoms with Crippen molar-refractivity contribution in [3.63, 3.8) is 0 Å². The molecular formula is C15H28N4O. The van der Waals surface area contributed by atoms with E-state index in [4.69, 9.17) is 0 Å². The molecular weight excluding hydrogens is 252 g/mol. The van der Waals surface area contributed by atoms with Crippen LogP contribution in [0.4, 0.5) is 0 Å². The summed E-state index contributed by atoms with van der Waals surface area (Å²) < 4.78 is 3.47. The van der Waals surface area contributed by atoms with Crippen LogP contribution in [0.25, 0.3) is 0 Å². The monoisotopic (exact) mass is 280 g/mol. The van der Waals surface area contributed by atoms with Crippen molar-refractivity contribution in [2.45, 2.75) is 77.9 Å². The number of nitrogens with one attached hydrogen (secondary N) is 1. The van der Waals surface area contributed by atoms with Crippen molar-refractivity contribution >= 4 is 0 Å². The van der Waals surface area contributed by atoms with E-state index >= 15 is 0 Å². The van der Waals surface area contributed by atoms with Crippen LogP contribution in [-0.2, 0) is 19.5 Å². The highest BCUT2D eigenvalue weighted by Gasteiger charge is 2.16. The van der Waals surface area contributed by atoms with Gasteiger partial charge in [-0.05, 0) is 26.2 Å². The summed E-state index contributed by atoms with van der Waals surface area (Å²) in [6.45, 7) is 6.79. The molecule has 2 rings (SSSR count). The van der Waals surface area contributed by atoms with E-state index in [0.717, 1.165) is 38.2 Å². The van der Waals surface area contributed by atoms with Crippen molar-refractivity contribution < 1.29 is 0 Å². The van der Waals surface area contributed by atoms with Gasteiger partial charge in [0.1, 0.15) is 5.82 Å². The van der Waals surface area contributed by atoms with Crippen LogP contribution in [0.5, 0.6) is 0 Å². The summed E-state index contributed by atoms with van der Waals surface area (Å²) in [6, 6.07) is 0.523. The predicted octanol–water partition coefficient (Wildman–Crippen LogP) is 1.94. The van der Waals surface area contributed by atoms with Crippen LogP contribution in [0.3, 0.4) is 0 Å². The van der Waals surface area contributed by atoms with E-state index < -0.39 is 0 Å². The van der Waals surface area contributed by atoms with Crippen molar-refractivity contribution in [2.75, 3.05) is 6.54 Å². The number of hydrogen-bond donors (Lipinski definition) is 1. The highest BCUT2D eigenvalue weighted by atomic mass is 16.2. The number of hydrogen-bond acceptors (Lipinski definition) is 3. The number of rotatable bonds is 8. The zero-order chi connectivity index (χ0) is 14.4. The molecule has 1 aromatic heterocycles. The Labute approximate surface area is 121 Å². The summed E-state index contributed by atoms with van der Waals surface area (Å²) in [5.41, 5.74) is 0.0696. The van der Waals surface area contributed by atoms with Crippen molar-refractivity contribution in [1.82, 2.24) is 19.7 Å². The lowest BCUT2D eigenvalue weighted by Gasteiger charge is -2.12. The molecule has 1 aromatic rings. The van der Waals surface area contributed by atoms with Crippen LogP contribution >= 0.6 is 0 Å². The molecule has 0 radical (unpaired) electrons. The fourth-order valence-electron chi connectivity index (χ4n) is 2.81. The SMILES string of the molecule is CCCCCC(C)NCCn1nc2n(c1=O)CCCC2. The lowest BCUT2D eigenvalue weighted by atomic mass is 10.1. The molecule has 0 amide bonds. The van der Waals surface area contributed by atoms with Crippen molar-refractivity contribution in [3.8, 4) is 0 Å². The van der Waals surface area contributed by atoms with E-state index in [9.17, 15) is 4.79 Å². The summed E-state index contributed by atoms with van der Waals surface area (Å²) in [6.07, 6.45) is 8.27. The van der Waals surface area contributed by atoms with Crippen molar-refractivity contribution in [3.05, 3.63) is 16.3 Å². The Hall–Kier alpha value is -1.10. The van der Waals surface area contributed by atoms with Crippen LogP contribution in [-0.4, -0.2) is 26.9 Å². The molecule has 1 N–H and O–H groups in total. The maximum Gasteiger partial charge on any atom is 0.345 e. The smallest absolute Gasteiger partial charge is 0.312 e. The van der Waals surface area contributed by atoms with Gasteiger partial charge in [-0.25, -0.2) is 9.48 Å². The molecule has 114 valence electrons. The van der Waals surface area contributed by atoms with Gasteiger partial charge in [-0.15, -0.1) is 0 Å². The van der Waals surface area contributed by atoms with Gasteiger partial charge in [-0.2, -0.15) is 5.10 Å². The normalized spacial score (nSPS) is 16.1. The van der Waals surface area contributed by atoms with E-state index in [1.165, 1.54) is 25.7 Å². The van der Waals surface area contributed by atoms with Gasteiger partial charge < -0.3 is 5.32 Å². The Morgan fingerprint density at radius 1 is 1.35 bits per heavy atom. The van der Waals surface area contributed by atoms with Gasteiger partial charge in [0.2, 0.25) is 0 Å². The Kier molecular flexibility index (Phi) is 5.83. The third-order valence-electron chi connectivity index (χ3n) is 4.09. The number of unbranched alkanes of at least 4 members (excludes halogenated alkanes) is 2. The minimum atomic E-state index is 0.0696. The second-order valence-corrected chi connectivity index (χ2v) is 5.88. The number of aryl methyl sites for hydroxylation is 1. The average molecular weight is 280 g/mol. The second-order valence-electron chi connectivity index (χ2n) is 5.88. The first-order chi connectivity index (χ1) is 9.72. The van der Waals surface area contributed by atoms with E-state index in [1.54, 1.807) is 4.68 Å². The van der Waals surface area contributed by atoms with Crippen LogP contribution in [0.1, 0.15) is 58.2 Å². The van der Waals surface area contributed by atoms with E-state index in [-0.39, 0.29) is 5.69 Å². The molecule has 0 spiro atoms. The average Bonchev–Trinajstić information content (AvgIpc) is 2.77. The molecule has 0 bridgehead atoms. The highest BCUT2D eigenvalue weighted by Crippen LogP contribution is 2.09. The van der Waals surface area contributed by atoms with Gasteiger partial charge >= 0.3 is 5.69 Å². The Morgan fingerprint density at radius 2 is 2.20 bits per heavy atom. The zero-order valence-corrected chi connectivity index (χ0v) is 12.9. The predicted molar refractivity (Wildman–Crippen MR) is 81.0 cm³/mol. The third kappa shape index (κ3) is 3.95. The first kappa shape index (κ1) is 15.3. The lowest BCUT2D eigenvalue weighted by molar-refractivity contribution is 0.453. The van der Waals surface area contributed by atoms with Crippen molar-refractivity contribution in [2.24, 2.45) is 0 Å². The minimum absolute atomic E-state index is 0.0696.